The number of nitriles is 1. The lowest BCUT2D eigenvalue weighted by Crippen LogP contribution is -2.45. The zero-order valence-corrected chi connectivity index (χ0v) is 25.0. The Morgan fingerprint density at radius 2 is 1.44 bits per heavy atom. The molecule has 5 aromatic rings. The molecule has 222 valence electrons. The molecule has 1 heterocycles. The third kappa shape index (κ3) is 7.32. The van der Waals surface area contributed by atoms with Gasteiger partial charge in [0.15, 0.2) is 0 Å². The first kappa shape index (κ1) is 30.5. The number of hydrogen-bond acceptors (Lipinski definition) is 5. The van der Waals surface area contributed by atoms with Crippen LogP contribution in [0, 0.1) is 11.3 Å². The highest BCUT2D eigenvalue weighted by Crippen LogP contribution is 2.32. The molecule has 0 radical (unpaired) electrons. The van der Waals surface area contributed by atoms with E-state index in [9.17, 15) is 14.9 Å². The van der Waals surface area contributed by atoms with Crippen molar-refractivity contribution in [3.05, 3.63) is 156 Å². The number of anilines is 1. The van der Waals surface area contributed by atoms with Crippen LogP contribution in [0.15, 0.2) is 139 Å². The maximum absolute atomic E-state index is 14.4. The Morgan fingerprint density at radius 1 is 0.822 bits per heavy atom. The number of nitrogens with zero attached hydrogens (tertiary/aromatic N) is 3. The van der Waals surface area contributed by atoms with Crippen LogP contribution >= 0.6 is 0 Å². The summed E-state index contributed by atoms with van der Waals surface area (Å²) in [7, 11) is 1.57. The van der Waals surface area contributed by atoms with Crippen LogP contribution in [0.2, 0.25) is 0 Å². The molecule has 0 fully saturated rings. The van der Waals surface area contributed by atoms with Crippen molar-refractivity contribution in [2.24, 2.45) is 0 Å². The van der Waals surface area contributed by atoms with Crippen LogP contribution in [0.4, 0.5) is 5.69 Å². The van der Waals surface area contributed by atoms with E-state index in [1.54, 1.807) is 68.0 Å². The molecule has 0 aliphatic rings. The minimum atomic E-state index is -1.13. The van der Waals surface area contributed by atoms with Gasteiger partial charge in [0.2, 0.25) is 5.91 Å². The third-order valence-corrected chi connectivity index (χ3v) is 7.41. The van der Waals surface area contributed by atoms with Crippen LogP contribution in [-0.4, -0.2) is 23.9 Å². The molecule has 2 atom stereocenters. The predicted molar refractivity (Wildman–Crippen MR) is 176 cm³/mol. The first-order valence-corrected chi connectivity index (χ1v) is 14.5. The van der Waals surface area contributed by atoms with Crippen LogP contribution in [0.25, 0.3) is 17.2 Å². The Labute approximate surface area is 263 Å². The van der Waals surface area contributed by atoms with Gasteiger partial charge in [0, 0.05) is 23.6 Å². The summed E-state index contributed by atoms with van der Waals surface area (Å²) < 4.78 is 5.24. The van der Waals surface area contributed by atoms with E-state index in [0.717, 1.165) is 16.7 Å². The van der Waals surface area contributed by atoms with Gasteiger partial charge in [-0.25, -0.2) is 0 Å². The zero-order valence-electron chi connectivity index (χ0n) is 25.0. The second kappa shape index (κ2) is 14.5. The van der Waals surface area contributed by atoms with Gasteiger partial charge in [-0.15, -0.1) is 0 Å². The fourth-order valence-electron chi connectivity index (χ4n) is 5.04. The van der Waals surface area contributed by atoms with E-state index in [1.165, 1.54) is 11.0 Å². The summed E-state index contributed by atoms with van der Waals surface area (Å²) in [4.78, 5) is 34.3. The van der Waals surface area contributed by atoms with Gasteiger partial charge in [-0.2, -0.15) is 5.26 Å². The molecule has 5 rings (SSSR count). The molecule has 0 aliphatic carbocycles. The van der Waals surface area contributed by atoms with Crippen molar-refractivity contribution in [2.45, 2.75) is 19.0 Å². The molecule has 0 saturated heterocycles. The summed E-state index contributed by atoms with van der Waals surface area (Å²) in [5.74, 6) is -0.392. The number of hydrogen-bond donors (Lipinski definition) is 1. The van der Waals surface area contributed by atoms with Crippen molar-refractivity contribution in [1.82, 2.24) is 10.3 Å². The molecule has 0 aliphatic heterocycles. The number of aromatic nitrogens is 1. The molecule has 2 amide bonds. The number of carbonyl (C=O) groups is 2. The Morgan fingerprint density at radius 3 is 2.04 bits per heavy atom. The van der Waals surface area contributed by atoms with E-state index >= 15 is 0 Å². The SMILES string of the molecule is COc1ccc(/C=C(\C#N)C(=O)N(c2ccc(-c3ccccc3)cc2)[C@H](C(=O)N[C@@H](C)c2ccccc2)c2cccnc2)cc1. The largest absolute Gasteiger partial charge is 0.497 e. The number of pyridine rings is 1. The maximum atomic E-state index is 14.4. The van der Waals surface area contributed by atoms with E-state index in [-0.39, 0.29) is 11.6 Å². The van der Waals surface area contributed by atoms with Gasteiger partial charge in [-0.3, -0.25) is 19.5 Å². The van der Waals surface area contributed by atoms with Gasteiger partial charge in [0.1, 0.15) is 23.4 Å². The summed E-state index contributed by atoms with van der Waals surface area (Å²) in [6, 6.07) is 37.9. The van der Waals surface area contributed by atoms with Crippen molar-refractivity contribution >= 4 is 23.6 Å². The lowest BCUT2D eigenvalue weighted by molar-refractivity contribution is -0.126. The standard InChI is InChI=1S/C38H32N4O3/c1-27(29-10-5-3-6-11-29)41-37(43)36(32-14-9-23-40-26-32)42(34-19-17-31(18-20-34)30-12-7-4-8-13-30)38(44)33(25-39)24-28-15-21-35(45-2)22-16-28/h3-24,26-27,36H,1-2H3,(H,41,43)/b33-24+/t27-,36-/m0/s1. The summed E-state index contributed by atoms with van der Waals surface area (Å²) in [6.07, 6.45) is 4.68. The number of carbonyl (C=O) groups excluding carboxylic acids is 2. The Hall–Kier alpha value is -6.00. The summed E-state index contributed by atoms with van der Waals surface area (Å²) in [5.41, 5.74) is 4.33. The fraction of sp³-hybridized carbons (Fsp3) is 0.105. The second-order valence-electron chi connectivity index (χ2n) is 10.4. The molecule has 0 bridgehead atoms. The number of amides is 2. The average molecular weight is 593 g/mol. The smallest absolute Gasteiger partial charge is 0.269 e. The van der Waals surface area contributed by atoms with Gasteiger partial charge in [-0.05, 0) is 65.6 Å². The molecule has 7 nitrogen and oxygen atoms in total. The molecular weight excluding hydrogens is 560 g/mol. The highest BCUT2D eigenvalue weighted by molar-refractivity contribution is 6.14. The summed E-state index contributed by atoms with van der Waals surface area (Å²) in [5, 5.41) is 13.3. The number of benzene rings is 4. The Bertz CT molecular complexity index is 1800. The molecule has 0 unspecified atom stereocenters. The second-order valence-corrected chi connectivity index (χ2v) is 10.4. The third-order valence-electron chi connectivity index (χ3n) is 7.41. The van der Waals surface area contributed by atoms with Crippen LogP contribution in [0.1, 0.15) is 35.7 Å². The molecule has 0 spiro atoms. The number of rotatable bonds is 10. The Kier molecular flexibility index (Phi) is 9.78. The molecule has 45 heavy (non-hydrogen) atoms. The first-order valence-electron chi connectivity index (χ1n) is 14.5. The average Bonchev–Trinajstić information content (AvgIpc) is 3.10. The van der Waals surface area contributed by atoms with Crippen molar-refractivity contribution in [1.29, 1.82) is 5.26 Å². The molecule has 1 N–H and O–H groups in total. The summed E-state index contributed by atoms with van der Waals surface area (Å²) in [6.45, 7) is 1.89. The normalized spacial score (nSPS) is 12.3. The van der Waals surface area contributed by atoms with Gasteiger partial charge in [0.25, 0.3) is 5.91 Å². The van der Waals surface area contributed by atoms with Crippen LogP contribution in [0.5, 0.6) is 5.75 Å². The quantitative estimate of drug-likeness (QED) is 0.135. The van der Waals surface area contributed by atoms with Crippen molar-refractivity contribution in [3.63, 3.8) is 0 Å². The van der Waals surface area contributed by atoms with E-state index in [0.29, 0.717) is 22.6 Å². The van der Waals surface area contributed by atoms with E-state index in [1.807, 2.05) is 79.7 Å². The molecule has 0 saturated carbocycles. The number of methoxy groups -OCH3 is 1. The lowest BCUT2D eigenvalue weighted by atomic mass is 10.0. The van der Waals surface area contributed by atoms with Gasteiger partial charge in [-0.1, -0.05) is 91.0 Å². The summed E-state index contributed by atoms with van der Waals surface area (Å²) >= 11 is 0. The van der Waals surface area contributed by atoms with Gasteiger partial charge >= 0.3 is 0 Å². The minimum absolute atomic E-state index is 0.134. The van der Waals surface area contributed by atoms with Gasteiger partial charge in [0.05, 0.1) is 13.2 Å². The Balaban J connectivity index is 1.61. The fourth-order valence-corrected chi connectivity index (χ4v) is 5.04. The van der Waals surface area contributed by atoms with Crippen molar-refractivity contribution < 1.29 is 14.3 Å². The van der Waals surface area contributed by atoms with E-state index < -0.39 is 17.9 Å². The molecule has 1 aromatic heterocycles. The molecule has 7 heteroatoms. The van der Waals surface area contributed by atoms with Crippen LogP contribution in [-0.2, 0) is 9.59 Å². The first-order chi connectivity index (χ1) is 22.0. The monoisotopic (exact) mass is 592 g/mol. The topological polar surface area (TPSA) is 95.3 Å². The lowest BCUT2D eigenvalue weighted by Gasteiger charge is -2.32. The minimum Gasteiger partial charge on any atom is -0.497 e. The predicted octanol–water partition coefficient (Wildman–Crippen LogP) is 7.32. The van der Waals surface area contributed by atoms with Crippen LogP contribution < -0.4 is 15.0 Å². The number of nitrogens with one attached hydrogen (secondary N) is 1. The maximum Gasteiger partial charge on any atom is 0.269 e. The van der Waals surface area contributed by atoms with E-state index in [4.69, 9.17) is 4.74 Å². The van der Waals surface area contributed by atoms with Gasteiger partial charge < -0.3 is 10.1 Å². The van der Waals surface area contributed by atoms with E-state index in [2.05, 4.69) is 16.4 Å². The highest BCUT2D eigenvalue weighted by atomic mass is 16.5. The molecule has 4 aromatic carbocycles. The van der Waals surface area contributed by atoms with Crippen molar-refractivity contribution in [2.75, 3.05) is 12.0 Å². The van der Waals surface area contributed by atoms with Crippen molar-refractivity contribution in [3.8, 4) is 22.9 Å². The molecular formula is C38H32N4O3. The highest BCUT2D eigenvalue weighted by Gasteiger charge is 2.35. The zero-order chi connectivity index (χ0) is 31.6. The van der Waals surface area contributed by atoms with Crippen LogP contribution in [0.3, 0.4) is 0 Å². The number of ether oxygens (including phenoxy) is 1.